The van der Waals surface area contributed by atoms with Gasteiger partial charge in [0.2, 0.25) is 0 Å². The lowest BCUT2D eigenvalue weighted by molar-refractivity contribution is -0.173. The summed E-state index contributed by atoms with van der Waals surface area (Å²) < 4.78 is 5.23. The quantitative estimate of drug-likeness (QED) is 0.236. The molecule has 0 aromatic heterocycles. The zero-order valence-corrected chi connectivity index (χ0v) is 12.2. The molecule has 0 bridgehead atoms. The minimum Gasteiger partial charge on any atom is -0.481 e. The molecule has 0 saturated carbocycles. The SMILES string of the molecule is NCCOC(CC(=O)O)(CC(=O)O)C(N)(CC(=O)O)CC(=O)O. The Kier molecular flexibility index (Phi) is 7.59. The number of ether oxygens (including phenoxy) is 1. The second kappa shape index (κ2) is 8.41. The molecule has 0 spiro atoms. The Morgan fingerprint density at radius 2 is 1.13 bits per heavy atom. The van der Waals surface area contributed by atoms with Crippen LogP contribution in [0, 0.1) is 0 Å². The van der Waals surface area contributed by atoms with E-state index in [1.54, 1.807) is 0 Å². The number of aliphatic carboxylic acids is 4. The molecule has 0 amide bonds. The molecule has 0 heterocycles. The van der Waals surface area contributed by atoms with Gasteiger partial charge in [-0.05, 0) is 0 Å². The van der Waals surface area contributed by atoms with Crippen LogP contribution in [0.1, 0.15) is 25.7 Å². The van der Waals surface area contributed by atoms with E-state index in [4.69, 9.17) is 36.6 Å². The average molecular weight is 336 g/mol. The van der Waals surface area contributed by atoms with E-state index in [0.717, 1.165) is 0 Å². The van der Waals surface area contributed by atoms with Gasteiger partial charge in [-0.25, -0.2) is 0 Å². The molecule has 0 radical (unpaired) electrons. The molecule has 0 atom stereocenters. The maximum atomic E-state index is 11.1. The molecule has 0 fully saturated rings. The van der Waals surface area contributed by atoms with Crippen molar-refractivity contribution in [2.45, 2.75) is 36.8 Å². The highest BCUT2D eigenvalue weighted by molar-refractivity contribution is 5.77. The predicted octanol–water partition coefficient (Wildman–Crippen LogP) is -1.70. The monoisotopic (exact) mass is 336 g/mol. The molecular weight excluding hydrogens is 316 g/mol. The van der Waals surface area contributed by atoms with Gasteiger partial charge in [-0.2, -0.15) is 0 Å². The van der Waals surface area contributed by atoms with Gasteiger partial charge >= 0.3 is 23.9 Å². The van der Waals surface area contributed by atoms with Crippen molar-refractivity contribution in [3.05, 3.63) is 0 Å². The summed E-state index contributed by atoms with van der Waals surface area (Å²) in [6, 6.07) is 0. The third-order valence-electron chi connectivity index (χ3n) is 3.21. The molecule has 0 aliphatic rings. The lowest BCUT2D eigenvalue weighted by Gasteiger charge is -2.45. The highest BCUT2D eigenvalue weighted by Crippen LogP contribution is 2.37. The van der Waals surface area contributed by atoms with E-state index in [2.05, 4.69) is 0 Å². The van der Waals surface area contributed by atoms with E-state index >= 15 is 0 Å². The summed E-state index contributed by atoms with van der Waals surface area (Å²) in [5.41, 5.74) is 6.60. The summed E-state index contributed by atoms with van der Waals surface area (Å²) in [4.78, 5) is 44.3. The number of carboxylic acids is 4. The Balaban J connectivity index is 6.10. The van der Waals surface area contributed by atoms with E-state index in [-0.39, 0.29) is 13.2 Å². The van der Waals surface area contributed by atoms with Crippen LogP contribution in [-0.2, 0) is 23.9 Å². The smallest absolute Gasteiger partial charge is 0.306 e. The number of carboxylic acid groups (broad SMARTS) is 4. The second-order valence-electron chi connectivity index (χ2n) is 5.07. The number of hydrogen-bond donors (Lipinski definition) is 6. The number of carbonyl (C=O) groups is 4. The first-order valence-electron chi connectivity index (χ1n) is 6.48. The normalized spacial score (nSPS) is 11.9. The van der Waals surface area contributed by atoms with Gasteiger partial charge < -0.3 is 36.6 Å². The van der Waals surface area contributed by atoms with Crippen molar-refractivity contribution in [3.8, 4) is 0 Å². The van der Waals surface area contributed by atoms with E-state index in [9.17, 15) is 19.2 Å². The largest absolute Gasteiger partial charge is 0.481 e. The maximum Gasteiger partial charge on any atom is 0.306 e. The van der Waals surface area contributed by atoms with Gasteiger partial charge in [-0.15, -0.1) is 0 Å². The zero-order valence-electron chi connectivity index (χ0n) is 12.2. The number of hydrogen-bond acceptors (Lipinski definition) is 7. The Bertz CT molecular complexity index is 445. The van der Waals surface area contributed by atoms with Crippen molar-refractivity contribution in [2.24, 2.45) is 11.5 Å². The molecule has 23 heavy (non-hydrogen) atoms. The fourth-order valence-electron chi connectivity index (χ4n) is 2.33. The Hall–Kier alpha value is -2.24. The van der Waals surface area contributed by atoms with E-state index < -0.39 is 60.7 Å². The van der Waals surface area contributed by atoms with Crippen LogP contribution in [0.25, 0.3) is 0 Å². The van der Waals surface area contributed by atoms with E-state index in [1.165, 1.54) is 0 Å². The first kappa shape index (κ1) is 20.8. The summed E-state index contributed by atoms with van der Waals surface area (Å²) in [5, 5.41) is 36.0. The van der Waals surface area contributed by atoms with Crippen molar-refractivity contribution >= 4 is 23.9 Å². The predicted molar refractivity (Wildman–Crippen MR) is 73.7 cm³/mol. The molecule has 0 saturated heterocycles. The fourth-order valence-corrected chi connectivity index (χ4v) is 2.33. The van der Waals surface area contributed by atoms with Crippen LogP contribution in [0.3, 0.4) is 0 Å². The van der Waals surface area contributed by atoms with Crippen molar-refractivity contribution in [1.29, 1.82) is 0 Å². The highest BCUT2D eigenvalue weighted by Gasteiger charge is 2.54. The molecular formula is C12H20N2O9. The van der Waals surface area contributed by atoms with Crippen LogP contribution < -0.4 is 11.5 Å². The summed E-state index contributed by atoms with van der Waals surface area (Å²) in [6.07, 6.45) is -3.97. The topological polar surface area (TPSA) is 210 Å². The lowest BCUT2D eigenvalue weighted by Crippen LogP contribution is -2.65. The van der Waals surface area contributed by atoms with Gasteiger partial charge in [0.15, 0.2) is 0 Å². The molecule has 0 aliphatic carbocycles. The molecule has 8 N–H and O–H groups in total. The minimum atomic E-state index is -2.27. The fraction of sp³-hybridized carbons (Fsp3) is 0.667. The van der Waals surface area contributed by atoms with Gasteiger partial charge in [0.1, 0.15) is 5.60 Å². The van der Waals surface area contributed by atoms with Gasteiger partial charge in [0.05, 0.1) is 37.8 Å². The van der Waals surface area contributed by atoms with Crippen LogP contribution in [-0.4, -0.2) is 68.6 Å². The van der Waals surface area contributed by atoms with Crippen LogP contribution >= 0.6 is 0 Å². The molecule has 0 unspecified atom stereocenters. The van der Waals surface area contributed by atoms with Crippen LogP contribution in [0.15, 0.2) is 0 Å². The van der Waals surface area contributed by atoms with E-state index in [0.29, 0.717) is 0 Å². The molecule has 0 aromatic carbocycles. The third kappa shape index (κ3) is 6.18. The second-order valence-corrected chi connectivity index (χ2v) is 5.07. The molecule has 132 valence electrons. The molecule has 0 aromatic rings. The van der Waals surface area contributed by atoms with Gasteiger partial charge in [0.25, 0.3) is 0 Å². The Morgan fingerprint density at radius 3 is 1.39 bits per heavy atom. The third-order valence-corrected chi connectivity index (χ3v) is 3.21. The summed E-state index contributed by atoms with van der Waals surface area (Å²) in [7, 11) is 0. The number of nitrogens with two attached hydrogens (primary N) is 2. The van der Waals surface area contributed by atoms with E-state index in [1.807, 2.05) is 0 Å². The van der Waals surface area contributed by atoms with Gasteiger partial charge in [0, 0.05) is 6.54 Å². The highest BCUT2D eigenvalue weighted by atomic mass is 16.5. The van der Waals surface area contributed by atoms with Crippen LogP contribution in [0.4, 0.5) is 0 Å². The van der Waals surface area contributed by atoms with Gasteiger partial charge in [-0.3, -0.25) is 19.2 Å². The molecule has 0 aliphatic heterocycles. The molecule has 11 nitrogen and oxygen atoms in total. The average Bonchev–Trinajstić information content (AvgIpc) is 2.32. The van der Waals surface area contributed by atoms with Crippen molar-refractivity contribution in [2.75, 3.05) is 13.2 Å². The van der Waals surface area contributed by atoms with Crippen LogP contribution in [0.5, 0.6) is 0 Å². The molecule has 0 rings (SSSR count). The lowest BCUT2D eigenvalue weighted by atomic mass is 9.71. The van der Waals surface area contributed by atoms with Crippen molar-refractivity contribution in [1.82, 2.24) is 0 Å². The van der Waals surface area contributed by atoms with Crippen molar-refractivity contribution in [3.63, 3.8) is 0 Å². The first-order chi connectivity index (χ1) is 10.5. The molecule has 11 heteroatoms. The summed E-state index contributed by atoms with van der Waals surface area (Å²) in [6.45, 7) is -0.448. The van der Waals surface area contributed by atoms with Crippen LogP contribution in [0.2, 0.25) is 0 Å². The number of rotatable bonds is 12. The standard InChI is InChI=1S/C12H20N2O9/c13-1-2-23-12(5-9(19)20,6-10(21)22)11(14,3-7(15)16)4-8(17)18/h1-6,13-14H2,(H,15,16)(H,17,18)(H,19,20)(H,21,22). The summed E-state index contributed by atoms with van der Waals surface area (Å²) >= 11 is 0. The van der Waals surface area contributed by atoms with Gasteiger partial charge in [-0.1, -0.05) is 0 Å². The Labute approximate surface area is 130 Å². The zero-order chi connectivity index (χ0) is 18.3. The Morgan fingerprint density at radius 1 is 0.783 bits per heavy atom. The maximum absolute atomic E-state index is 11.1. The first-order valence-corrected chi connectivity index (χ1v) is 6.48. The van der Waals surface area contributed by atoms with Crippen molar-refractivity contribution < 1.29 is 44.3 Å². The minimum absolute atomic E-state index is 0.128. The summed E-state index contributed by atoms with van der Waals surface area (Å²) in [5.74, 6) is -6.08.